The van der Waals surface area contributed by atoms with E-state index in [4.69, 9.17) is 4.42 Å². The van der Waals surface area contributed by atoms with Crippen molar-refractivity contribution >= 4 is 6.01 Å². The monoisotopic (exact) mass is 274 g/mol. The molecule has 0 aliphatic carbocycles. The molecule has 20 heavy (non-hydrogen) atoms. The van der Waals surface area contributed by atoms with Gasteiger partial charge in [0.2, 0.25) is 5.89 Å². The average Bonchev–Trinajstić information content (AvgIpc) is 2.90. The van der Waals surface area contributed by atoms with E-state index in [1.165, 1.54) is 11.1 Å². The molecule has 0 fully saturated rings. The first-order chi connectivity index (χ1) is 9.70. The van der Waals surface area contributed by atoms with Crippen LogP contribution in [0.15, 0.2) is 28.7 Å². The highest BCUT2D eigenvalue weighted by molar-refractivity contribution is 5.27. The molecule has 0 aliphatic heterocycles. The van der Waals surface area contributed by atoms with Crippen molar-refractivity contribution in [3.8, 4) is 0 Å². The zero-order chi connectivity index (χ0) is 14.4. The number of aromatic nitrogens is 2. The summed E-state index contributed by atoms with van der Waals surface area (Å²) < 4.78 is 5.57. The number of aryl methyl sites for hydroxylation is 1. The fourth-order valence-electron chi connectivity index (χ4n) is 2.07. The van der Waals surface area contributed by atoms with Gasteiger partial charge in [-0.25, -0.2) is 0 Å². The topological polar surface area (TPSA) is 63.0 Å². The van der Waals surface area contributed by atoms with Crippen LogP contribution >= 0.6 is 0 Å². The number of anilines is 1. The van der Waals surface area contributed by atoms with Crippen molar-refractivity contribution in [1.29, 1.82) is 0 Å². The van der Waals surface area contributed by atoms with Gasteiger partial charge in [-0.2, -0.15) is 0 Å². The van der Waals surface area contributed by atoms with E-state index in [1.807, 2.05) is 13.8 Å². The molecular formula is C15H22N4O. The predicted molar refractivity (Wildman–Crippen MR) is 79.8 cm³/mol. The van der Waals surface area contributed by atoms with Crippen LogP contribution in [0.1, 0.15) is 36.9 Å². The highest BCUT2D eigenvalue weighted by Gasteiger charge is 2.12. The van der Waals surface area contributed by atoms with Gasteiger partial charge in [0, 0.05) is 6.54 Å². The molecule has 2 rings (SSSR count). The van der Waals surface area contributed by atoms with Gasteiger partial charge in [-0.05, 0) is 37.9 Å². The summed E-state index contributed by atoms with van der Waals surface area (Å²) in [5.74, 6) is 0.616. The molecule has 1 atom stereocenters. The first-order valence-corrected chi connectivity index (χ1v) is 7.06. The molecule has 5 nitrogen and oxygen atoms in total. The summed E-state index contributed by atoms with van der Waals surface area (Å²) in [6.07, 6.45) is 0.938. The van der Waals surface area contributed by atoms with E-state index in [2.05, 4.69) is 52.0 Å². The minimum atomic E-state index is 0.0828. The summed E-state index contributed by atoms with van der Waals surface area (Å²) in [6, 6.07) is 8.95. The SMILES string of the molecule is CCNC(C)c1nnc(NCCc2ccccc2C)o1. The van der Waals surface area contributed by atoms with E-state index in [0.717, 1.165) is 19.5 Å². The Morgan fingerprint density at radius 2 is 2.05 bits per heavy atom. The van der Waals surface area contributed by atoms with Crippen LogP contribution in [0.5, 0.6) is 0 Å². The summed E-state index contributed by atoms with van der Waals surface area (Å²) in [6.45, 7) is 7.84. The molecule has 1 aromatic heterocycles. The molecule has 0 aliphatic rings. The Hall–Kier alpha value is -1.88. The third-order valence-electron chi connectivity index (χ3n) is 3.25. The summed E-state index contributed by atoms with van der Waals surface area (Å²) in [4.78, 5) is 0. The summed E-state index contributed by atoms with van der Waals surface area (Å²) >= 11 is 0. The Balaban J connectivity index is 1.84. The van der Waals surface area contributed by atoms with Crippen LogP contribution < -0.4 is 10.6 Å². The van der Waals surface area contributed by atoms with E-state index in [9.17, 15) is 0 Å². The zero-order valence-corrected chi connectivity index (χ0v) is 12.3. The molecule has 0 saturated heterocycles. The Bertz CT molecular complexity index is 538. The van der Waals surface area contributed by atoms with Crippen LogP contribution in [0.2, 0.25) is 0 Å². The fraction of sp³-hybridized carbons (Fsp3) is 0.467. The Morgan fingerprint density at radius 3 is 2.80 bits per heavy atom. The lowest BCUT2D eigenvalue weighted by atomic mass is 10.1. The van der Waals surface area contributed by atoms with Gasteiger partial charge in [0.1, 0.15) is 0 Å². The van der Waals surface area contributed by atoms with E-state index in [0.29, 0.717) is 11.9 Å². The molecule has 0 saturated carbocycles. The first-order valence-electron chi connectivity index (χ1n) is 7.06. The third kappa shape index (κ3) is 3.81. The van der Waals surface area contributed by atoms with Gasteiger partial charge in [-0.3, -0.25) is 0 Å². The molecule has 2 aromatic rings. The summed E-state index contributed by atoms with van der Waals surface area (Å²) in [5, 5.41) is 14.5. The minimum absolute atomic E-state index is 0.0828. The smallest absolute Gasteiger partial charge is 0.315 e. The molecule has 0 bridgehead atoms. The molecule has 0 spiro atoms. The quantitative estimate of drug-likeness (QED) is 0.813. The van der Waals surface area contributed by atoms with E-state index in [-0.39, 0.29) is 6.04 Å². The first kappa shape index (κ1) is 14.5. The second-order valence-corrected chi connectivity index (χ2v) is 4.83. The van der Waals surface area contributed by atoms with Crippen molar-refractivity contribution in [2.45, 2.75) is 33.2 Å². The van der Waals surface area contributed by atoms with Crippen LogP contribution in [0.3, 0.4) is 0 Å². The molecule has 108 valence electrons. The molecule has 5 heteroatoms. The highest BCUT2D eigenvalue weighted by Crippen LogP contribution is 2.14. The second kappa shape index (κ2) is 7.05. The normalized spacial score (nSPS) is 12.3. The Labute approximate surface area is 119 Å². The third-order valence-corrected chi connectivity index (χ3v) is 3.25. The van der Waals surface area contributed by atoms with Gasteiger partial charge in [-0.1, -0.05) is 36.3 Å². The lowest BCUT2D eigenvalue weighted by Gasteiger charge is -2.06. The van der Waals surface area contributed by atoms with Crippen molar-refractivity contribution < 1.29 is 4.42 Å². The summed E-state index contributed by atoms with van der Waals surface area (Å²) in [7, 11) is 0. The van der Waals surface area contributed by atoms with Gasteiger partial charge in [0.05, 0.1) is 6.04 Å². The van der Waals surface area contributed by atoms with Gasteiger partial charge in [-0.15, -0.1) is 5.10 Å². The van der Waals surface area contributed by atoms with Crippen LogP contribution in [0, 0.1) is 6.92 Å². The molecule has 1 unspecified atom stereocenters. The maximum atomic E-state index is 5.57. The predicted octanol–water partition coefficient (Wildman–Crippen LogP) is 2.70. The van der Waals surface area contributed by atoms with Crippen molar-refractivity contribution in [2.24, 2.45) is 0 Å². The summed E-state index contributed by atoms with van der Waals surface area (Å²) in [5.41, 5.74) is 2.64. The number of benzene rings is 1. The van der Waals surface area contributed by atoms with Gasteiger partial charge in [0.25, 0.3) is 0 Å². The lowest BCUT2D eigenvalue weighted by Crippen LogP contribution is -2.17. The number of hydrogen-bond acceptors (Lipinski definition) is 5. The maximum absolute atomic E-state index is 5.57. The van der Waals surface area contributed by atoms with Gasteiger partial charge >= 0.3 is 6.01 Å². The van der Waals surface area contributed by atoms with Gasteiger partial charge < -0.3 is 15.1 Å². The number of hydrogen-bond donors (Lipinski definition) is 2. The molecule has 1 heterocycles. The standard InChI is InChI=1S/C15H22N4O/c1-4-16-12(3)14-18-19-15(20-14)17-10-9-13-8-6-5-7-11(13)2/h5-8,12,16H,4,9-10H2,1-3H3,(H,17,19). The second-order valence-electron chi connectivity index (χ2n) is 4.83. The van der Waals surface area contributed by atoms with Crippen LogP contribution in [-0.4, -0.2) is 23.3 Å². The van der Waals surface area contributed by atoms with E-state index < -0.39 is 0 Å². The minimum Gasteiger partial charge on any atom is -0.406 e. The fourth-order valence-corrected chi connectivity index (χ4v) is 2.07. The largest absolute Gasteiger partial charge is 0.406 e. The number of nitrogens with one attached hydrogen (secondary N) is 2. The number of nitrogens with zero attached hydrogens (tertiary/aromatic N) is 2. The van der Waals surface area contributed by atoms with Crippen molar-refractivity contribution in [3.05, 3.63) is 41.3 Å². The molecular weight excluding hydrogens is 252 g/mol. The molecule has 0 amide bonds. The van der Waals surface area contributed by atoms with Crippen molar-refractivity contribution in [1.82, 2.24) is 15.5 Å². The average molecular weight is 274 g/mol. The van der Waals surface area contributed by atoms with Crippen LogP contribution in [0.25, 0.3) is 0 Å². The van der Waals surface area contributed by atoms with E-state index in [1.54, 1.807) is 0 Å². The van der Waals surface area contributed by atoms with Gasteiger partial charge in [0.15, 0.2) is 0 Å². The molecule has 1 aromatic carbocycles. The Morgan fingerprint density at radius 1 is 1.25 bits per heavy atom. The number of rotatable bonds is 7. The highest BCUT2D eigenvalue weighted by atomic mass is 16.4. The van der Waals surface area contributed by atoms with Crippen molar-refractivity contribution in [3.63, 3.8) is 0 Å². The van der Waals surface area contributed by atoms with Crippen LogP contribution in [-0.2, 0) is 6.42 Å². The molecule has 2 N–H and O–H groups in total. The lowest BCUT2D eigenvalue weighted by molar-refractivity contribution is 0.429. The van der Waals surface area contributed by atoms with Crippen LogP contribution in [0.4, 0.5) is 6.01 Å². The Kier molecular flexibility index (Phi) is 5.12. The maximum Gasteiger partial charge on any atom is 0.315 e. The zero-order valence-electron chi connectivity index (χ0n) is 12.3. The van der Waals surface area contributed by atoms with Crippen molar-refractivity contribution in [2.75, 3.05) is 18.4 Å². The molecule has 0 radical (unpaired) electrons. The van der Waals surface area contributed by atoms with E-state index >= 15 is 0 Å².